The van der Waals surface area contributed by atoms with E-state index in [0.717, 1.165) is 24.2 Å². The summed E-state index contributed by atoms with van der Waals surface area (Å²) in [4.78, 5) is 5.04. The second-order valence-electron chi connectivity index (χ2n) is 4.78. The Balaban J connectivity index is 2.13. The summed E-state index contributed by atoms with van der Waals surface area (Å²) >= 11 is 0. The second kappa shape index (κ2) is 6.03. The minimum absolute atomic E-state index is 0.235. The van der Waals surface area contributed by atoms with E-state index < -0.39 is 11.9 Å². The first-order valence-electron chi connectivity index (χ1n) is 6.45. The van der Waals surface area contributed by atoms with Crippen LogP contribution in [0.4, 0.5) is 24.5 Å². The Hall–Kier alpha value is -2.24. The number of nitrogens with zero attached hydrogens (tertiary/aromatic N) is 2. The lowest BCUT2D eigenvalue weighted by Gasteiger charge is -2.22. The van der Waals surface area contributed by atoms with Crippen molar-refractivity contribution in [2.45, 2.75) is 12.6 Å². The van der Waals surface area contributed by atoms with E-state index in [2.05, 4.69) is 4.98 Å². The highest BCUT2D eigenvalue weighted by molar-refractivity contribution is 5.66. The quantitative estimate of drug-likeness (QED) is 0.940. The van der Waals surface area contributed by atoms with Crippen molar-refractivity contribution < 1.29 is 13.2 Å². The van der Waals surface area contributed by atoms with Gasteiger partial charge in [0.25, 0.3) is 0 Å². The summed E-state index contributed by atoms with van der Waals surface area (Å²) in [6.45, 7) is 0.565. The number of aromatic nitrogens is 1. The zero-order valence-electron chi connectivity index (χ0n) is 11.6. The molecule has 1 aromatic heterocycles. The Morgan fingerprint density at radius 2 is 1.86 bits per heavy atom. The van der Waals surface area contributed by atoms with Gasteiger partial charge in [-0.3, -0.25) is 0 Å². The zero-order valence-corrected chi connectivity index (χ0v) is 11.6. The van der Waals surface area contributed by atoms with Crippen molar-refractivity contribution in [3.8, 4) is 0 Å². The van der Waals surface area contributed by atoms with E-state index in [1.165, 1.54) is 0 Å². The predicted molar refractivity (Wildman–Crippen MR) is 77.1 cm³/mol. The maximum atomic E-state index is 12.7. The number of hydrogen-bond acceptors (Lipinski definition) is 3. The van der Waals surface area contributed by atoms with Crippen LogP contribution in [0.25, 0.3) is 0 Å². The minimum atomic E-state index is -4.47. The fourth-order valence-electron chi connectivity index (χ4n) is 2.00. The topological polar surface area (TPSA) is 42.2 Å². The van der Waals surface area contributed by atoms with Crippen LogP contribution in [0.3, 0.4) is 0 Å². The van der Waals surface area contributed by atoms with Gasteiger partial charge in [0.05, 0.1) is 17.6 Å². The van der Waals surface area contributed by atoms with Crippen molar-refractivity contribution in [2.75, 3.05) is 24.2 Å². The van der Waals surface area contributed by atoms with E-state index in [1.807, 2.05) is 30.3 Å². The highest BCUT2D eigenvalue weighted by Crippen LogP contribution is 2.32. The molecule has 0 aliphatic carbocycles. The molecule has 0 saturated carbocycles. The van der Waals surface area contributed by atoms with Gasteiger partial charge in [0.2, 0.25) is 0 Å². The molecule has 21 heavy (non-hydrogen) atoms. The van der Waals surface area contributed by atoms with Crippen molar-refractivity contribution in [3.63, 3.8) is 0 Å². The van der Waals surface area contributed by atoms with Gasteiger partial charge in [0.15, 0.2) is 0 Å². The molecule has 0 radical (unpaired) electrons. The van der Waals surface area contributed by atoms with Crippen LogP contribution in [-0.2, 0) is 12.6 Å². The molecule has 0 aliphatic heterocycles. The van der Waals surface area contributed by atoms with Crippen LogP contribution >= 0.6 is 0 Å². The summed E-state index contributed by atoms with van der Waals surface area (Å²) in [6, 6.07) is 10.7. The van der Waals surface area contributed by atoms with Gasteiger partial charge in [-0.15, -0.1) is 0 Å². The number of anilines is 2. The first kappa shape index (κ1) is 15.2. The van der Waals surface area contributed by atoms with Crippen LogP contribution in [0.2, 0.25) is 0 Å². The third-order valence-electron chi connectivity index (χ3n) is 3.19. The van der Waals surface area contributed by atoms with Gasteiger partial charge < -0.3 is 10.6 Å². The summed E-state index contributed by atoms with van der Waals surface area (Å²) in [7, 11) is 1.72. The number of alkyl halides is 3. The molecule has 0 fully saturated rings. The summed E-state index contributed by atoms with van der Waals surface area (Å²) in [5, 5.41) is 0. The summed E-state index contributed by atoms with van der Waals surface area (Å²) < 4.78 is 38.1. The third-order valence-corrected chi connectivity index (χ3v) is 3.19. The highest BCUT2D eigenvalue weighted by Gasteiger charge is 2.33. The number of benzene rings is 1. The monoisotopic (exact) mass is 295 g/mol. The minimum Gasteiger partial charge on any atom is -0.396 e. The molecule has 0 aliphatic rings. The number of rotatable bonds is 4. The Labute approximate surface area is 121 Å². The van der Waals surface area contributed by atoms with E-state index in [-0.39, 0.29) is 5.69 Å². The lowest BCUT2D eigenvalue weighted by Crippen LogP contribution is -2.22. The Morgan fingerprint density at radius 3 is 2.48 bits per heavy atom. The van der Waals surface area contributed by atoms with Gasteiger partial charge in [-0.1, -0.05) is 30.3 Å². The maximum Gasteiger partial charge on any atom is 0.433 e. The molecule has 0 saturated heterocycles. The second-order valence-corrected chi connectivity index (χ2v) is 4.78. The molecule has 0 unspecified atom stereocenters. The molecule has 2 N–H and O–H groups in total. The number of hydrogen-bond donors (Lipinski definition) is 1. The maximum absolute atomic E-state index is 12.7. The van der Waals surface area contributed by atoms with Gasteiger partial charge in [-0.25, -0.2) is 4.98 Å². The first-order valence-corrected chi connectivity index (χ1v) is 6.45. The van der Waals surface area contributed by atoms with Crippen LogP contribution in [0.5, 0.6) is 0 Å². The Bertz CT molecular complexity index is 597. The lowest BCUT2D eigenvalue weighted by molar-refractivity contribution is -0.141. The molecule has 0 bridgehead atoms. The lowest BCUT2D eigenvalue weighted by atomic mass is 10.1. The molecular formula is C15H16F3N3. The molecule has 112 valence electrons. The largest absolute Gasteiger partial charge is 0.433 e. The molecule has 0 spiro atoms. The smallest absolute Gasteiger partial charge is 0.396 e. The average Bonchev–Trinajstić information content (AvgIpc) is 2.45. The van der Waals surface area contributed by atoms with Crippen LogP contribution in [0, 0.1) is 0 Å². The van der Waals surface area contributed by atoms with Gasteiger partial charge in [0, 0.05) is 13.6 Å². The molecular weight excluding hydrogens is 279 g/mol. The molecule has 1 heterocycles. The van der Waals surface area contributed by atoms with Crippen molar-refractivity contribution in [2.24, 2.45) is 0 Å². The van der Waals surface area contributed by atoms with Crippen molar-refractivity contribution in [1.29, 1.82) is 0 Å². The predicted octanol–water partition coefficient (Wildman–Crippen LogP) is 3.36. The molecule has 3 nitrogen and oxygen atoms in total. The first-order chi connectivity index (χ1) is 9.88. The molecule has 0 amide bonds. The van der Waals surface area contributed by atoms with Crippen LogP contribution < -0.4 is 10.6 Å². The molecule has 1 aromatic carbocycles. The summed E-state index contributed by atoms with van der Waals surface area (Å²) in [6.07, 6.45) is -2.69. The van der Waals surface area contributed by atoms with Crippen molar-refractivity contribution in [1.82, 2.24) is 4.98 Å². The Morgan fingerprint density at radius 1 is 1.19 bits per heavy atom. The summed E-state index contributed by atoms with van der Waals surface area (Å²) in [5.74, 6) is 0. The average molecular weight is 295 g/mol. The van der Waals surface area contributed by atoms with Gasteiger partial charge >= 0.3 is 6.18 Å². The van der Waals surface area contributed by atoms with Gasteiger partial charge in [-0.2, -0.15) is 13.2 Å². The van der Waals surface area contributed by atoms with E-state index in [0.29, 0.717) is 12.2 Å². The summed E-state index contributed by atoms with van der Waals surface area (Å²) in [5.41, 5.74) is 6.49. The number of likely N-dealkylation sites (N-methyl/N-ethyl adjacent to an activating group) is 1. The van der Waals surface area contributed by atoms with Gasteiger partial charge in [-0.05, 0) is 18.1 Å². The van der Waals surface area contributed by atoms with E-state index in [1.54, 1.807) is 11.9 Å². The number of pyridine rings is 1. The standard InChI is InChI=1S/C15H16F3N3/c1-21(8-7-11-5-3-2-4-6-11)13-9-14(15(16,17)18)20-10-12(13)19/h2-6,9-10H,7-8,19H2,1H3. The fraction of sp³-hybridized carbons (Fsp3) is 0.267. The number of nitrogen functional groups attached to an aromatic ring is 1. The highest BCUT2D eigenvalue weighted by atomic mass is 19.4. The number of nitrogens with two attached hydrogens (primary N) is 1. The van der Waals surface area contributed by atoms with Crippen LogP contribution in [0.15, 0.2) is 42.6 Å². The van der Waals surface area contributed by atoms with E-state index in [9.17, 15) is 13.2 Å². The van der Waals surface area contributed by atoms with E-state index >= 15 is 0 Å². The SMILES string of the molecule is CN(CCc1ccccc1)c1cc(C(F)(F)F)ncc1N. The molecule has 2 rings (SSSR count). The fourth-order valence-corrected chi connectivity index (χ4v) is 2.00. The third kappa shape index (κ3) is 3.87. The van der Waals surface area contributed by atoms with Crippen LogP contribution in [-0.4, -0.2) is 18.6 Å². The number of halogens is 3. The van der Waals surface area contributed by atoms with Crippen molar-refractivity contribution in [3.05, 3.63) is 53.9 Å². The normalized spacial score (nSPS) is 11.4. The zero-order chi connectivity index (χ0) is 15.5. The Kier molecular flexibility index (Phi) is 4.35. The molecule has 0 atom stereocenters. The van der Waals surface area contributed by atoms with Gasteiger partial charge in [0.1, 0.15) is 5.69 Å². The van der Waals surface area contributed by atoms with Crippen molar-refractivity contribution >= 4 is 11.4 Å². The van der Waals surface area contributed by atoms with Crippen LogP contribution in [0.1, 0.15) is 11.3 Å². The van der Waals surface area contributed by atoms with E-state index in [4.69, 9.17) is 5.73 Å². The molecule has 2 aromatic rings. The molecule has 6 heteroatoms.